The Morgan fingerprint density at radius 1 is 1.12 bits per heavy atom. The molecule has 0 bridgehead atoms. The molecule has 6 rings (SSSR count). The van der Waals surface area contributed by atoms with E-state index in [9.17, 15) is 5.11 Å². The third kappa shape index (κ3) is 3.88. The number of fused-ring (bicyclic) bond motifs is 1. The van der Waals surface area contributed by atoms with Gasteiger partial charge < -0.3 is 10.4 Å². The maximum atomic E-state index is 10.5. The van der Waals surface area contributed by atoms with Crippen molar-refractivity contribution < 1.29 is 5.11 Å². The van der Waals surface area contributed by atoms with E-state index < -0.39 is 0 Å². The normalized spacial score (nSPS) is 26.4. The highest BCUT2D eigenvalue weighted by atomic mass is 35.5. The molecular weight excluding hydrogens is 448 g/mol. The number of aliphatic hydroxyl groups excluding tert-OH is 1. The summed E-state index contributed by atoms with van der Waals surface area (Å²) in [7, 11) is 0. The Bertz CT molecular complexity index is 1220. The Hall–Kier alpha value is -2.22. The SMILES string of the molecule is Cc1c(Nc2ncc3cc(Cl)c(C4CCN([C@@]5(C)CCC[C@@H]5O)CC4)cc3n2)cnn1C1CC1. The number of nitrogens with one attached hydrogen (secondary N) is 1. The van der Waals surface area contributed by atoms with Crippen LogP contribution in [0.15, 0.2) is 24.5 Å². The van der Waals surface area contributed by atoms with Gasteiger partial charge in [-0.3, -0.25) is 9.58 Å². The predicted octanol–water partition coefficient (Wildman–Crippen LogP) is 5.35. The standard InChI is InChI=1S/C26H33ClN6O/c1-16-23(15-29-33(16)19-5-6-19)31-25-28-14-18-12-21(27)20(13-22(18)30-25)17-7-10-32(11-8-17)26(2)9-3-4-24(26)34/h12-15,17,19,24,34H,3-11H2,1-2H3,(H,28,30,31)/t24-,26-/m0/s1. The molecule has 0 amide bonds. The van der Waals surface area contributed by atoms with E-state index in [1.165, 1.54) is 18.4 Å². The van der Waals surface area contributed by atoms with Gasteiger partial charge in [0, 0.05) is 22.1 Å². The van der Waals surface area contributed by atoms with Crippen molar-refractivity contribution in [1.82, 2.24) is 24.6 Å². The molecule has 1 aliphatic heterocycles. The average molecular weight is 481 g/mol. The molecule has 2 atom stereocenters. The van der Waals surface area contributed by atoms with E-state index >= 15 is 0 Å². The summed E-state index contributed by atoms with van der Waals surface area (Å²) in [5.74, 6) is 0.984. The lowest BCUT2D eigenvalue weighted by atomic mass is 9.85. The number of anilines is 2. The second-order valence-corrected chi connectivity index (χ2v) is 11.0. The molecule has 0 unspecified atom stereocenters. The van der Waals surface area contributed by atoms with Crippen molar-refractivity contribution in [2.75, 3.05) is 18.4 Å². The van der Waals surface area contributed by atoms with Gasteiger partial charge in [0.05, 0.1) is 35.2 Å². The molecule has 2 N–H and O–H groups in total. The van der Waals surface area contributed by atoms with E-state index in [2.05, 4.69) is 44.9 Å². The fourth-order valence-corrected chi connectivity index (χ4v) is 6.32. The molecular formula is C26H33ClN6O. The van der Waals surface area contributed by atoms with Crippen LogP contribution in [0.3, 0.4) is 0 Å². The van der Waals surface area contributed by atoms with Gasteiger partial charge in [-0.2, -0.15) is 5.10 Å². The third-order valence-electron chi connectivity index (χ3n) is 8.42. The quantitative estimate of drug-likeness (QED) is 0.512. The van der Waals surface area contributed by atoms with E-state index in [4.69, 9.17) is 16.6 Å². The minimum atomic E-state index is -0.212. The van der Waals surface area contributed by atoms with Gasteiger partial charge in [0.25, 0.3) is 0 Å². The highest BCUT2D eigenvalue weighted by Crippen LogP contribution is 2.41. The number of hydrogen-bond acceptors (Lipinski definition) is 6. The van der Waals surface area contributed by atoms with Crippen LogP contribution in [-0.2, 0) is 0 Å². The smallest absolute Gasteiger partial charge is 0.227 e. The minimum absolute atomic E-state index is 0.0720. The average Bonchev–Trinajstić information content (AvgIpc) is 3.54. The van der Waals surface area contributed by atoms with Crippen molar-refractivity contribution in [3.05, 3.63) is 40.8 Å². The summed E-state index contributed by atoms with van der Waals surface area (Å²) in [5.41, 5.74) is 4.08. The van der Waals surface area contributed by atoms with Crippen LogP contribution in [0, 0.1) is 6.92 Å². The molecule has 8 heteroatoms. The van der Waals surface area contributed by atoms with Crippen LogP contribution in [0.1, 0.15) is 75.1 Å². The molecule has 3 aliphatic rings. The molecule has 3 aromatic rings. The molecule has 1 saturated heterocycles. The zero-order chi connectivity index (χ0) is 23.4. The molecule has 1 aromatic carbocycles. The fraction of sp³-hybridized carbons (Fsp3) is 0.577. The summed E-state index contributed by atoms with van der Waals surface area (Å²) in [6.45, 7) is 6.31. The number of likely N-dealkylation sites (tertiary alicyclic amines) is 1. The zero-order valence-corrected chi connectivity index (χ0v) is 20.7. The van der Waals surface area contributed by atoms with Crippen LogP contribution in [-0.4, -0.2) is 54.5 Å². The first-order valence-corrected chi connectivity index (χ1v) is 13.0. The maximum absolute atomic E-state index is 10.5. The topological polar surface area (TPSA) is 79.1 Å². The highest BCUT2D eigenvalue weighted by Gasteiger charge is 2.43. The van der Waals surface area contributed by atoms with E-state index in [1.807, 2.05) is 18.5 Å². The summed E-state index contributed by atoms with van der Waals surface area (Å²) in [6.07, 6.45) is 11.1. The molecule has 2 aliphatic carbocycles. The number of nitrogens with zero attached hydrogens (tertiary/aromatic N) is 5. The lowest BCUT2D eigenvalue weighted by Gasteiger charge is -2.45. The Morgan fingerprint density at radius 2 is 1.91 bits per heavy atom. The molecule has 180 valence electrons. The number of aromatic nitrogens is 4. The number of benzene rings is 1. The molecule has 3 heterocycles. The molecule has 3 fully saturated rings. The summed E-state index contributed by atoms with van der Waals surface area (Å²) in [5, 5.41) is 20.2. The lowest BCUT2D eigenvalue weighted by molar-refractivity contribution is -0.0125. The Balaban J connectivity index is 1.21. The van der Waals surface area contributed by atoms with Crippen molar-refractivity contribution in [1.29, 1.82) is 0 Å². The van der Waals surface area contributed by atoms with Crippen LogP contribution in [0.2, 0.25) is 5.02 Å². The van der Waals surface area contributed by atoms with Gasteiger partial charge in [-0.05, 0) is 95.5 Å². The Labute approximate surface area is 205 Å². The molecule has 7 nitrogen and oxygen atoms in total. The summed E-state index contributed by atoms with van der Waals surface area (Å²) in [6, 6.07) is 4.70. The molecule has 0 spiro atoms. The molecule has 2 saturated carbocycles. The van der Waals surface area contributed by atoms with Gasteiger partial charge in [0.15, 0.2) is 0 Å². The maximum Gasteiger partial charge on any atom is 0.227 e. The fourth-order valence-electron chi connectivity index (χ4n) is 6.00. The van der Waals surface area contributed by atoms with Gasteiger partial charge in [0.1, 0.15) is 0 Å². The van der Waals surface area contributed by atoms with Crippen LogP contribution in [0.4, 0.5) is 11.6 Å². The lowest BCUT2D eigenvalue weighted by Crippen LogP contribution is -2.54. The molecule has 0 radical (unpaired) electrons. The summed E-state index contributed by atoms with van der Waals surface area (Å²) < 4.78 is 2.10. The first kappa shape index (κ1) is 22.3. The first-order chi connectivity index (χ1) is 16.4. The van der Waals surface area contributed by atoms with Crippen molar-refractivity contribution >= 4 is 34.1 Å². The van der Waals surface area contributed by atoms with Crippen LogP contribution in [0.25, 0.3) is 10.9 Å². The van der Waals surface area contributed by atoms with Crippen LogP contribution < -0.4 is 5.32 Å². The van der Waals surface area contributed by atoms with E-state index in [0.717, 1.165) is 72.5 Å². The number of aliphatic hydroxyl groups is 1. The van der Waals surface area contributed by atoms with Gasteiger partial charge in [-0.1, -0.05) is 11.6 Å². The monoisotopic (exact) mass is 480 g/mol. The highest BCUT2D eigenvalue weighted by molar-refractivity contribution is 6.32. The van der Waals surface area contributed by atoms with E-state index in [1.54, 1.807) is 0 Å². The number of piperidine rings is 1. The van der Waals surface area contributed by atoms with Gasteiger partial charge in [-0.15, -0.1) is 0 Å². The predicted molar refractivity (Wildman–Crippen MR) is 135 cm³/mol. The second kappa shape index (κ2) is 8.47. The number of halogens is 1. The Morgan fingerprint density at radius 3 is 2.62 bits per heavy atom. The molecule has 34 heavy (non-hydrogen) atoms. The van der Waals surface area contributed by atoms with Crippen LogP contribution >= 0.6 is 11.6 Å². The van der Waals surface area contributed by atoms with Crippen LogP contribution in [0.5, 0.6) is 0 Å². The summed E-state index contributed by atoms with van der Waals surface area (Å²) in [4.78, 5) is 11.8. The first-order valence-electron chi connectivity index (χ1n) is 12.6. The second-order valence-electron chi connectivity index (χ2n) is 10.6. The number of hydrogen-bond donors (Lipinski definition) is 2. The minimum Gasteiger partial charge on any atom is -0.391 e. The largest absolute Gasteiger partial charge is 0.391 e. The van der Waals surface area contributed by atoms with E-state index in [-0.39, 0.29) is 11.6 Å². The Kier molecular flexibility index (Phi) is 5.54. The van der Waals surface area contributed by atoms with Crippen molar-refractivity contribution in [2.45, 2.75) is 82.4 Å². The summed E-state index contributed by atoms with van der Waals surface area (Å²) >= 11 is 6.74. The number of rotatable bonds is 5. The third-order valence-corrected chi connectivity index (χ3v) is 8.75. The van der Waals surface area contributed by atoms with Gasteiger partial charge in [0.2, 0.25) is 5.95 Å². The molecule has 2 aromatic heterocycles. The van der Waals surface area contributed by atoms with Gasteiger partial charge in [-0.25, -0.2) is 9.97 Å². The van der Waals surface area contributed by atoms with Crippen molar-refractivity contribution in [3.63, 3.8) is 0 Å². The van der Waals surface area contributed by atoms with E-state index in [0.29, 0.717) is 17.9 Å². The van der Waals surface area contributed by atoms with Gasteiger partial charge >= 0.3 is 0 Å². The zero-order valence-electron chi connectivity index (χ0n) is 20.0. The van der Waals surface area contributed by atoms with Crippen molar-refractivity contribution in [2.24, 2.45) is 0 Å². The van der Waals surface area contributed by atoms with Crippen molar-refractivity contribution in [3.8, 4) is 0 Å².